The van der Waals surface area contributed by atoms with Crippen LogP contribution in [0.3, 0.4) is 0 Å². The highest BCUT2D eigenvalue weighted by molar-refractivity contribution is 5.85. The molecule has 0 amide bonds. The van der Waals surface area contributed by atoms with Crippen molar-refractivity contribution in [3.63, 3.8) is 0 Å². The van der Waals surface area contributed by atoms with Crippen molar-refractivity contribution in [3.05, 3.63) is 17.5 Å². The molecule has 0 saturated carbocycles. The van der Waals surface area contributed by atoms with E-state index >= 15 is 0 Å². The summed E-state index contributed by atoms with van der Waals surface area (Å²) in [4.78, 5) is 0. The number of aromatic amines is 1. The molecule has 1 aromatic heterocycles. The van der Waals surface area contributed by atoms with Gasteiger partial charge in [-0.15, -0.1) is 12.4 Å². The summed E-state index contributed by atoms with van der Waals surface area (Å²) in [7, 11) is 0. The Bertz CT molecular complexity index is 234. The maximum atomic E-state index is 5.77. The molecule has 0 aromatic carbocycles. The number of halogens is 1. The van der Waals surface area contributed by atoms with Crippen LogP contribution >= 0.6 is 12.4 Å². The number of nitrogens with zero attached hydrogens (tertiary/aromatic N) is 1. The van der Waals surface area contributed by atoms with Gasteiger partial charge in [-0.2, -0.15) is 5.10 Å². The number of H-pyrrole nitrogens is 1. The number of nitrogens with two attached hydrogens (primary N) is 1. The van der Waals surface area contributed by atoms with Gasteiger partial charge in [-0.3, -0.25) is 5.10 Å². The third kappa shape index (κ3) is 1.38. The zero-order valence-corrected chi connectivity index (χ0v) is 6.82. The highest BCUT2D eigenvalue weighted by atomic mass is 35.5. The minimum Gasteiger partial charge on any atom is -0.323 e. The molecule has 2 rings (SSSR count). The summed E-state index contributed by atoms with van der Waals surface area (Å²) in [5, 5.41) is 9.99. The summed E-state index contributed by atoms with van der Waals surface area (Å²) < 4.78 is 0. The van der Waals surface area contributed by atoms with Crippen LogP contribution in [0.1, 0.15) is 17.3 Å². The average Bonchev–Trinajstić information content (AvgIpc) is 2.36. The van der Waals surface area contributed by atoms with Crippen LogP contribution in [0, 0.1) is 0 Å². The van der Waals surface area contributed by atoms with Crippen molar-refractivity contribution in [1.82, 2.24) is 15.5 Å². The van der Waals surface area contributed by atoms with Gasteiger partial charge in [-0.25, -0.2) is 0 Å². The highest BCUT2D eigenvalue weighted by Gasteiger charge is 2.16. The van der Waals surface area contributed by atoms with E-state index in [1.165, 1.54) is 0 Å². The number of aromatic nitrogens is 2. The number of fused-ring (bicyclic) bond motifs is 1. The summed E-state index contributed by atoms with van der Waals surface area (Å²) in [5.74, 6) is 0. The molecule has 62 valence electrons. The van der Waals surface area contributed by atoms with Crippen molar-refractivity contribution >= 4 is 12.4 Å². The quantitative estimate of drug-likeness (QED) is 0.516. The van der Waals surface area contributed by atoms with E-state index in [-0.39, 0.29) is 18.4 Å². The van der Waals surface area contributed by atoms with Gasteiger partial charge in [0.1, 0.15) is 0 Å². The van der Waals surface area contributed by atoms with Gasteiger partial charge in [-0.1, -0.05) is 0 Å². The van der Waals surface area contributed by atoms with E-state index in [1.54, 1.807) is 6.20 Å². The summed E-state index contributed by atoms with van der Waals surface area (Å²) >= 11 is 0. The Morgan fingerprint density at radius 1 is 1.64 bits per heavy atom. The normalized spacial score (nSPS) is 22.1. The molecular formula is C6H11ClN4. The standard InChI is InChI=1S/C6H10N4.ClH/c7-5-2-8-3-6-4(5)1-9-10-6;/h1,5,8H,2-3,7H2,(H,9,10);1H. The number of hydrogen-bond donors (Lipinski definition) is 3. The van der Waals surface area contributed by atoms with Gasteiger partial charge in [-0.05, 0) is 0 Å². The summed E-state index contributed by atoms with van der Waals surface area (Å²) in [5.41, 5.74) is 8.04. The van der Waals surface area contributed by atoms with Crippen LogP contribution in [0.25, 0.3) is 0 Å². The lowest BCUT2D eigenvalue weighted by Gasteiger charge is -2.18. The van der Waals surface area contributed by atoms with Gasteiger partial charge in [0.25, 0.3) is 0 Å². The molecule has 0 fully saturated rings. The summed E-state index contributed by atoms with van der Waals surface area (Å²) in [6.45, 7) is 1.72. The molecule has 1 unspecified atom stereocenters. The summed E-state index contributed by atoms with van der Waals surface area (Å²) in [6.07, 6.45) is 1.81. The van der Waals surface area contributed by atoms with Gasteiger partial charge in [0, 0.05) is 24.7 Å². The fourth-order valence-corrected chi connectivity index (χ4v) is 1.25. The van der Waals surface area contributed by atoms with Crippen molar-refractivity contribution in [2.24, 2.45) is 5.73 Å². The Kier molecular flexibility index (Phi) is 2.49. The van der Waals surface area contributed by atoms with E-state index in [9.17, 15) is 0 Å². The molecule has 0 aliphatic carbocycles. The smallest absolute Gasteiger partial charge is 0.0538 e. The van der Waals surface area contributed by atoms with Crippen LogP contribution in [0.2, 0.25) is 0 Å². The topological polar surface area (TPSA) is 66.7 Å². The van der Waals surface area contributed by atoms with Crippen LogP contribution < -0.4 is 11.1 Å². The minimum atomic E-state index is 0. The highest BCUT2D eigenvalue weighted by Crippen LogP contribution is 2.16. The lowest BCUT2D eigenvalue weighted by molar-refractivity contribution is 0.549. The molecule has 0 spiro atoms. The first-order chi connectivity index (χ1) is 4.88. The predicted octanol–water partition coefficient (Wildman–Crippen LogP) is -0.0655. The molecule has 1 atom stereocenters. The van der Waals surface area contributed by atoms with E-state index in [4.69, 9.17) is 5.73 Å². The van der Waals surface area contributed by atoms with Crippen LogP contribution in [-0.2, 0) is 6.54 Å². The number of nitrogens with one attached hydrogen (secondary N) is 2. The second-order valence-electron chi connectivity index (χ2n) is 2.54. The van der Waals surface area contributed by atoms with Crippen LogP contribution in [0.15, 0.2) is 6.20 Å². The molecular weight excluding hydrogens is 164 g/mol. The monoisotopic (exact) mass is 174 g/mol. The number of hydrogen-bond acceptors (Lipinski definition) is 3. The Morgan fingerprint density at radius 2 is 2.45 bits per heavy atom. The third-order valence-electron chi connectivity index (χ3n) is 1.82. The lowest BCUT2D eigenvalue weighted by Crippen LogP contribution is -2.32. The maximum absolute atomic E-state index is 5.77. The molecule has 1 aromatic rings. The van der Waals surface area contributed by atoms with Crippen molar-refractivity contribution in [3.8, 4) is 0 Å². The van der Waals surface area contributed by atoms with Crippen LogP contribution in [-0.4, -0.2) is 16.7 Å². The van der Waals surface area contributed by atoms with E-state index in [0.717, 1.165) is 24.3 Å². The van der Waals surface area contributed by atoms with Crippen molar-refractivity contribution < 1.29 is 0 Å². The predicted molar refractivity (Wildman–Crippen MR) is 44.5 cm³/mol. The first-order valence-corrected chi connectivity index (χ1v) is 3.36. The largest absolute Gasteiger partial charge is 0.323 e. The van der Waals surface area contributed by atoms with Gasteiger partial charge in [0.2, 0.25) is 0 Å². The van der Waals surface area contributed by atoms with Gasteiger partial charge < -0.3 is 11.1 Å². The molecule has 0 radical (unpaired) electrons. The fourth-order valence-electron chi connectivity index (χ4n) is 1.25. The zero-order valence-electron chi connectivity index (χ0n) is 6.00. The van der Waals surface area contributed by atoms with Crippen LogP contribution in [0.4, 0.5) is 0 Å². The van der Waals surface area contributed by atoms with E-state index in [2.05, 4.69) is 15.5 Å². The molecule has 4 N–H and O–H groups in total. The van der Waals surface area contributed by atoms with Gasteiger partial charge in [0.05, 0.1) is 11.9 Å². The van der Waals surface area contributed by atoms with Crippen molar-refractivity contribution in [1.29, 1.82) is 0 Å². The lowest BCUT2D eigenvalue weighted by atomic mass is 10.1. The molecule has 1 aliphatic rings. The van der Waals surface area contributed by atoms with Crippen LogP contribution in [0.5, 0.6) is 0 Å². The Balaban J connectivity index is 0.000000605. The SMILES string of the molecule is Cl.NC1CNCc2[nH]ncc21. The Morgan fingerprint density at radius 3 is 3.18 bits per heavy atom. The molecule has 5 heteroatoms. The van der Waals surface area contributed by atoms with Gasteiger partial charge >= 0.3 is 0 Å². The fraction of sp³-hybridized carbons (Fsp3) is 0.500. The Labute approximate surface area is 71.0 Å². The molecule has 2 heterocycles. The molecule has 0 bridgehead atoms. The average molecular weight is 175 g/mol. The zero-order chi connectivity index (χ0) is 6.97. The second kappa shape index (κ2) is 3.21. The first-order valence-electron chi connectivity index (χ1n) is 3.36. The van der Waals surface area contributed by atoms with Crippen molar-refractivity contribution in [2.45, 2.75) is 12.6 Å². The molecule has 0 saturated heterocycles. The summed E-state index contributed by atoms with van der Waals surface area (Å²) in [6, 6.07) is 0.113. The minimum absolute atomic E-state index is 0. The second-order valence-corrected chi connectivity index (χ2v) is 2.54. The maximum Gasteiger partial charge on any atom is 0.0538 e. The van der Waals surface area contributed by atoms with Crippen molar-refractivity contribution in [2.75, 3.05) is 6.54 Å². The van der Waals surface area contributed by atoms with E-state index < -0.39 is 0 Å². The Hall–Kier alpha value is -0.580. The molecule has 1 aliphatic heterocycles. The van der Waals surface area contributed by atoms with E-state index in [1.807, 2.05) is 0 Å². The number of rotatable bonds is 0. The first kappa shape index (κ1) is 8.52. The van der Waals surface area contributed by atoms with Gasteiger partial charge in [0.15, 0.2) is 0 Å². The third-order valence-corrected chi connectivity index (χ3v) is 1.82. The molecule has 4 nitrogen and oxygen atoms in total. The van der Waals surface area contributed by atoms with E-state index in [0.29, 0.717) is 0 Å². The molecule has 11 heavy (non-hydrogen) atoms.